The van der Waals surface area contributed by atoms with Gasteiger partial charge >= 0.3 is 0 Å². The highest BCUT2D eigenvalue weighted by atomic mass is 32.2. The van der Waals surface area contributed by atoms with E-state index in [1.165, 1.54) is 18.2 Å². The number of rotatable bonds is 5. The van der Waals surface area contributed by atoms with Crippen LogP contribution in [0.4, 0.5) is 5.69 Å². The summed E-state index contributed by atoms with van der Waals surface area (Å²) in [6.07, 6.45) is 7.54. The van der Waals surface area contributed by atoms with Crippen molar-refractivity contribution in [3.8, 4) is 0 Å². The van der Waals surface area contributed by atoms with E-state index >= 15 is 0 Å². The molecule has 7 heteroatoms. The Kier molecular flexibility index (Phi) is 4.68. The zero-order valence-corrected chi connectivity index (χ0v) is 13.9. The number of para-hydroxylation sites is 1. The van der Waals surface area contributed by atoms with Gasteiger partial charge in [0.2, 0.25) is 10.0 Å². The summed E-state index contributed by atoms with van der Waals surface area (Å²) in [5.74, 6) is 0. The summed E-state index contributed by atoms with van der Waals surface area (Å²) >= 11 is 0. The quantitative estimate of drug-likeness (QED) is 0.608. The maximum atomic E-state index is 13.3. The second-order valence-corrected chi connectivity index (χ2v) is 8.25. The second kappa shape index (κ2) is 6.57. The molecule has 0 atom stereocenters. The van der Waals surface area contributed by atoms with Crippen LogP contribution in [0.1, 0.15) is 51.4 Å². The van der Waals surface area contributed by atoms with Gasteiger partial charge in [0.1, 0.15) is 0 Å². The third-order valence-electron chi connectivity index (χ3n) is 4.99. The molecule has 23 heavy (non-hydrogen) atoms. The lowest BCUT2D eigenvalue weighted by Crippen LogP contribution is -2.45. The molecule has 0 spiro atoms. The van der Waals surface area contributed by atoms with E-state index in [0.29, 0.717) is 0 Å². The van der Waals surface area contributed by atoms with Crippen LogP contribution in [0.25, 0.3) is 0 Å². The first kappa shape index (κ1) is 16.4. The molecule has 0 N–H and O–H groups in total. The summed E-state index contributed by atoms with van der Waals surface area (Å²) in [4.78, 5) is 10.5. The molecule has 0 radical (unpaired) electrons. The summed E-state index contributed by atoms with van der Waals surface area (Å²) in [5, 5.41) is 11.3. The molecule has 1 aromatic carbocycles. The van der Waals surface area contributed by atoms with Gasteiger partial charge in [-0.15, -0.1) is 0 Å². The van der Waals surface area contributed by atoms with Crippen LogP contribution in [-0.4, -0.2) is 29.7 Å². The minimum absolute atomic E-state index is 0.0112. The van der Waals surface area contributed by atoms with E-state index in [1.54, 1.807) is 10.4 Å². The van der Waals surface area contributed by atoms with Gasteiger partial charge in [0.25, 0.3) is 5.69 Å². The predicted octanol–water partition coefficient (Wildman–Crippen LogP) is 3.47. The topological polar surface area (TPSA) is 80.5 Å². The molecule has 0 amide bonds. The van der Waals surface area contributed by atoms with Gasteiger partial charge in [0, 0.05) is 18.2 Å². The lowest BCUT2D eigenvalue weighted by molar-refractivity contribution is -0.387. The van der Waals surface area contributed by atoms with Gasteiger partial charge in [-0.1, -0.05) is 37.8 Å². The number of nitro groups is 1. The van der Waals surface area contributed by atoms with Crippen LogP contribution in [0.5, 0.6) is 0 Å². The van der Waals surface area contributed by atoms with Crippen molar-refractivity contribution in [3.63, 3.8) is 0 Å². The number of nitrogens with zero attached hydrogens (tertiary/aromatic N) is 2. The smallest absolute Gasteiger partial charge is 0.258 e. The lowest BCUT2D eigenvalue weighted by atomic mass is 10.2. The van der Waals surface area contributed by atoms with E-state index in [1.807, 2.05) is 0 Å². The predicted molar refractivity (Wildman–Crippen MR) is 86.6 cm³/mol. The summed E-state index contributed by atoms with van der Waals surface area (Å²) < 4.78 is 28.1. The fourth-order valence-electron chi connectivity index (χ4n) is 3.95. The molecule has 2 fully saturated rings. The van der Waals surface area contributed by atoms with Crippen LogP contribution >= 0.6 is 0 Å². The fraction of sp³-hybridized carbons (Fsp3) is 0.625. The van der Waals surface area contributed by atoms with Crippen molar-refractivity contribution >= 4 is 15.7 Å². The number of hydrogen-bond donors (Lipinski definition) is 0. The molecular weight excluding hydrogens is 316 g/mol. The summed E-state index contributed by atoms with van der Waals surface area (Å²) in [7, 11) is -3.85. The second-order valence-electron chi connectivity index (χ2n) is 6.44. The molecule has 2 aliphatic carbocycles. The van der Waals surface area contributed by atoms with Gasteiger partial charge in [-0.05, 0) is 31.7 Å². The average molecular weight is 338 g/mol. The van der Waals surface area contributed by atoms with Crippen molar-refractivity contribution in [2.45, 2.75) is 68.3 Å². The first-order chi connectivity index (χ1) is 11.0. The minimum atomic E-state index is -3.85. The zero-order chi connectivity index (χ0) is 16.4. The average Bonchev–Trinajstić information content (AvgIpc) is 3.21. The van der Waals surface area contributed by atoms with Crippen LogP contribution in [0, 0.1) is 10.1 Å². The standard InChI is InChI=1S/C16H22N2O4S/c19-18(20)15-11-5-6-12-16(15)23(21,22)17(13-7-1-2-8-13)14-9-3-4-10-14/h5-6,11-14H,1-4,7-10H2. The lowest BCUT2D eigenvalue weighted by Gasteiger charge is -2.33. The molecule has 3 rings (SSSR count). The number of sulfonamides is 1. The fourth-order valence-corrected chi connectivity index (χ4v) is 6.04. The van der Waals surface area contributed by atoms with Crippen molar-refractivity contribution in [1.82, 2.24) is 4.31 Å². The summed E-state index contributed by atoms with van der Waals surface area (Å²) in [6, 6.07) is 5.68. The first-order valence-corrected chi connectivity index (χ1v) is 9.73. The van der Waals surface area contributed by atoms with Gasteiger partial charge < -0.3 is 0 Å². The molecule has 0 bridgehead atoms. The van der Waals surface area contributed by atoms with Gasteiger partial charge in [-0.2, -0.15) is 4.31 Å². The Labute approximate surface area is 136 Å². The van der Waals surface area contributed by atoms with Crippen LogP contribution in [0.15, 0.2) is 29.2 Å². The van der Waals surface area contributed by atoms with Crippen LogP contribution in [0.3, 0.4) is 0 Å². The van der Waals surface area contributed by atoms with Gasteiger partial charge in [-0.3, -0.25) is 10.1 Å². The van der Waals surface area contributed by atoms with E-state index in [4.69, 9.17) is 0 Å². The molecule has 2 aliphatic rings. The first-order valence-electron chi connectivity index (χ1n) is 8.29. The molecule has 0 aliphatic heterocycles. The van der Waals surface area contributed by atoms with Crippen LogP contribution < -0.4 is 0 Å². The van der Waals surface area contributed by atoms with Gasteiger partial charge in [-0.25, -0.2) is 8.42 Å². The van der Waals surface area contributed by atoms with Gasteiger partial charge in [0.15, 0.2) is 4.90 Å². The number of benzene rings is 1. The molecule has 126 valence electrons. The molecule has 6 nitrogen and oxygen atoms in total. The third kappa shape index (κ3) is 3.12. The van der Waals surface area contributed by atoms with E-state index in [-0.39, 0.29) is 22.7 Å². The molecule has 0 unspecified atom stereocenters. The van der Waals surface area contributed by atoms with Crippen LogP contribution in [-0.2, 0) is 10.0 Å². The normalized spacial score (nSPS) is 20.4. The summed E-state index contributed by atoms with van der Waals surface area (Å²) in [5.41, 5.74) is -0.325. The zero-order valence-electron chi connectivity index (χ0n) is 13.1. The molecule has 0 saturated heterocycles. The van der Waals surface area contributed by atoms with Crippen molar-refractivity contribution in [3.05, 3.63) is 34.4 Å². The molecule has 0 aromatic heterocycles. The van der Waals surface area contributed by atoms with Crippen LogP contribution in [0.2, 0.25) is 0 Å². The molecule has 2 saturated carbocycles. The van der Waals surface area contributed by atoms with Crippen molar-refractivity contribution in [2.24, 2.45) is 0 Å². The third-order valence-corrected chi connectivity index (χ3v) is 7.04. The minimum Gasteiger partial charge on any atom is -0.258 e. The Morgan fingerprint density at radius 3 is 1.91 bits per heavy atom. The Hall–Kier alpha value is -1.47. The highest BCUT2D eigenvalue weighted by Gasteiger charge is 2.41. The van der Waals surface area contributed by atoms with Crippen molar-refractivity contribution in [2.75, 3.05) is 0 Å². The Morgan fingerprint density at radius 1 is 0.957 bits per heavy atom. The van der Waals surface area contributed by atoms with E-state index < -0.39 is 14.9 Å². The maximum Gasteiger partial charge on any atom is 0.289 e. The van der Waals surface area contributed by atoms with Crippen molar-refractivity contribution < 1.29 is 13.3 Å². The Morgan fingerprint density at radius 2 is 1.43 bits per heavy atom. The number of nitro benzene ring substituents is 1. The van der Waals surface area contributed by atoms with Gasteiger partial charge in [0.05, 0.1) is 4.92 Å². The van der Waals surface area contributed by atoms with E-state index in [2.05, 4.69) is 0 Å². The highest BCUT2D eigenvalue weighted by molar-refractivity contribution is 7.89. The van der Waals surface area contributed by atoms with E-state index in [9.17, 15) is 18.5 Å². The number of hydrogen-bond acceptors (Lipinski definition) is 4. The highest BCUT2D eigenvalue weighted by Crippen LogP contribution is 2.37. The summed E-state index contributed by atoms with van der Waals surface area (Å²) in [6.45, 7) is 0. The SMILES string of the molecule is O=[N+]([O-])c1ccccc1S(=O)(=O)N(C1CCCC1)C1CCCC1. The Balaban J connectivity index is 2.05. The maximum absolute atomic E-state index is 13.3. The van der Waals surface area contributed by atoms with Crippen molar-refractivity contribution in [1.29, 1.82) is 0 Å². The largest absolute Gasteiger partial charge is 0.289 e. The van der Waals surface area contributed by atoms with E-state index in [0.717, 1.165) is 51.4 Å². The monoisotopic (exact) mass is 338 g/mol. The molecular formula is C16H22N2O4S. The molecule has 1 aromatic rings. The molecule has 0 heterocycles. The Bertz CT molecular complexity index is 661.